The van der Waals surface area contributed by atoms with Crippen molar-refractivity contribution in [3.8, 4) is 0 Å². The fourth-order valence-electron chi connectivity index (χ4n) is 0.628. The molecule has 0 aromatic carbocycles. The van der Waals surface area contributed by atoms with Crippen molar-refractivity contribution in [2.24, 2.45) is 5.92 Å². The molecule has 0 atom stereocenters. The molecule has 1 fully saturated rings. The van der Waals surface area contributed by atoms with E-state index in [0.29, 0.717) is 0 Å². The summed E-state index contributed by atoms with van der Waals surface area (Å²) in [7, 11) is 1.48. The lowest BCUT2D eigenvalue weighted by atomic mass is 10.4. The number of carbonyl (C=O) groups is 2. The minimum Gasteiger partial charge on any atom is -0.340 e. The number of hydrazine groups is 1. The van der Waals surface area contributed by atoms with Crippen molar-refractivity contribution >= 4 is 11.9 Å². The predicted octanol–water partition coefficient (Wildman–Crippen LogP) is -0.643. The summed E-state index contributed by atoms with van der Waals surface area (Å²) >= 11 is 0. The third-order valence-corrected chi connectivity index (χ3v) is 1.47. The quantitative estimate of drug-likeness (QED) is 0.443. The van der Waals surface area contributed by atoms with Crippen LogP contribution < -0.4 is 16.2 Å². The minimum atomic E-state index is -0.404. The largest absolute Gasteiger partial charge is 0.340 e. The van der Waals surface area contributed by atoms with Crippen molar-refractivity contribution < 1.29 is 9.59 Å². The topological polar surface area (TPSA) is 70.2 Å². The lowest BCUT2D eigenvalue weighted by Crippen LogP contribution is -2.46. The number of hydrogen-bond acceptors (Lipinski definition) is 2. The summed E-state index contributed by atoms with van der Waals surface area (Å²) in [5.41, 5.74) is 4.50. The number of rotatable bonds is 1. The second kappa shape index (κ2) is 3.23. The zero-order valence-corrected chi connectivity index (χ0v) is 6.31. The summed E-state index contributed by atoms with van der Waals surface area (Å²) in [4.78, 5) is 21.4. The minimum absolute atomic E-state index is 0.103. The molecule has 0 spiro atoms. The summed E-state index contributed by atoms with van der Waals surface area (Å²) in [5.74, 6) is 0.0146. The van der Waals surface area contributed by atoms with Gasteiger partial charge in [-0.05, 0) is 12.8 Å². The van der Waals surface area contributed by atoms with E-state index in [4.69, 9.17) is 0 Å². The number of urea groups is 1. The van der Waals surface area contributed by atoms with Crippen LogP contribution in [0.5, 0.6) is 0 Å². The smallest absolute Gasteiger partial charge is 0.333 e. The van der Waals surface area contributed by atoms with E-state index in [-0.39, 0.29) is 11.8 Å². The number of carbonyl (C=O) groups excluding carboxylic acids is 2. The van der Waals surface area contributed by atoms with Crippen LogP contribution in [-0.2, 0) is 4.79 Å². The van der Waals surface area contributed by atoms with Crippen LogP contribution in [-0.4, -0.2) is 19.0 Å². The predicted molar refractivity (Wildman–Crippen MR) is 38.5 cm³/mol. The van der Waals surface area contributed by atoms with Crippen molar-refractivity contribution in [2.45, 2.75) is 12.8 Å². The van der Waals surface area contributed by atoms with E-state index in [1.54, 1.807) is 0 Å². The lowest BCUT2D eigenvalue weighted by molar-refractivity contribution is -0.123. The Labute approximate surface area is 64.5 Å². The van der Waals surface area contributed by atoms with E-state index in [1.165, 1.54) is 7.05 Å². The average Bonchev–Trinajstić information content (AvgIpc) is 2.81. The van der Waals surface area contributed by atoms with Gasteiger partial charge in [0.05, 0.1) is 0 Å². The van der Waals surface area contributed by atoms with E-state index in [2.05, 4.69) is 16.2 Å². The Bertz CT molecular complexity index is 177. The van der Waals surface area contributed by atoms with Crippen molar-refractivity contribution in [2.75, 3.05) is 7.05 Å². The van der Waals surface area contributed by atoms with Crippen molar-refractivity contribution in [3.63, 3.8) is 0 Å². The van der Waals surface area contributed by atoms with Crippen LogP contribution in [0.4, 0.5) is 4.79 Å². The van der Waals surface area contributed by atoms with E-state index in [9.17, 15) is 9.59 Å². The maximum absolute atomic E-state index is 10.9. The molecule has 62 valence electrons. The first-order valence-electron chi connectivity index (χ1n) is 3.51. The van der Waals surface area contributed by atoms with Gasteiger partial charge in [0, 0.05) is 13.0 Å². The summed E-state index contributed by atoms with van der Waals surface area (Å²) in [6.07, 6.45) is 1.86. The van der Waals surface area contributed by atoms with Crippen LogP contribution in [0.15, 0.2) is 0 Å². The van der Waals surface area contributed by atoms with Crippen LogP contribution in [0.3, 0.4) is 0 Å². The Kier molecular flexibility index (Phi) is 2.30. The second-order valence-electron chi connectivity index (χ2n) is 2.47. The Balaban J connectivity index is 2.10. The van der Waals surface area contributed by atoms with Crippen LogP contribution in [0.1, 0.15) is 12.8 Å². The monoisotopic (exact) mass is 157 g/mol. The first-order valence-corrected chi connectivity index (χ1v) is 3.51. The van der Waals surface area contributed by atoms with Gasteiger partial charge in [0.1, 0.15) is 0 Å². The first-order chi connectivity index (χ1) is 5.24. The van der Waals surface area contributed by atoms with Gasteiger partial charge in [-0.2, -0.15) is 0 Å². The van der Waals surface area contributed by atoms with E-state index in [1.807, 2.05) is 0 Å². The molecule has 1 aliphatic carbocycles. The molecule has 0 aromatic rings. The van der Waals surface area contributed by atoms with Gasteiger partial charge in [0.25, 0.3) is 0 Å². The molecule has 0 saturated heterocycles. The Hall–Kier alpha value is -1.26. The first kappa shape index (κ1) is 7.84. The highest BCUT2D eigenvalue weighted by molar-refractivity contribution is 5.83. The van der Waals surface area contributed by atoms with Crippen molar-refractivity contribution in [3.05, 3.63) is 0 Å². The molecule has 0 aromatic heterocycles. The number of nitrogens with one attached hydrogen (secondary N) is 3. The molecule has 5 heteroatoms. The third kappa shape index (κ3) is 2.45. The Morgan fingerprint density at radius 1 is 1.27 bits per heavy atom. The normalized spacial score (nSPS) is 15.4. The van der Waals surface area contributed by atoms with E-state index in [0.717, 1.165) is 12.8 Å². The highest BCUT2D eigenvalue weighted by Gasteiger charge is 2.29. The maximum atomic E-state index is 10.9. The molecular weight excluding hydrogens is 146 g/mol. The zero-order chi connectivity index (χ0) is 8.27. The Morgan fingerprint density at radius 2 is 1.91 bits per heavy atom. The lowest BCUT2D eigenvalue weighted by Gasteiger charge is -2.04. The van der Waals surface area contributed by atoms with Crippen LogP contribution >= 0.6 is 0 Å². The molecule has 1 aliphatic rings. The van der Waals surface area contributed by atoms with E-state index >= 15 is 0 Å². The second-order valence-corrected chi connectivity index (χ2v) is 2.47. The zero-order valence-electron chi connectivity index (χ0n) is 6.31. The fraction of sp³-hybridized carbons (Fsp3) is 0.667. The highest BCUT2D eigenvalue weighted by atomic mass is 16.2. The number of amides is 3. The van der Waals surface area contributed by atoms with Gasteiger partial charge < -0.3 is 5.32 Å². The van der Waals surface area contributed by atoms with Gasteiger partial charge in [0.15, 0.2) is 0 Å². The summed E-state index contributed by atoms with van der Waals surface area (Å²) in [6.45, 7) is 0. The summed E-state index contributed by atoms with van der Waals surface area (Å²) < 4.78 is 0. The van der Waals surface area contributed by atoms with Crippen LogP contribution in [0, 0.1) is 5.92 Å². The van der Waals surface area contributed by atoms with Crippen molar-refractivity contribution in [1.82, 2.24) is 16.2 Å². The Morgan fingerprint density at radius 3 is 2.36 bits per heavy atom. The molecule has 0 bridgehead atoms. The summed E-state index contributed by atoms with van der Waals surface area (Å²) in [5, 5.41) is 2.31. The molecule has 1 saturated carbocycles. The highest BCUT2D eigenvalue weighted by Crippen LogP contribution is 2.28. The van der Waals surface area contributed by atoms with Gasteiger partial charge in [-0.3, -0.25) is 10.2 Å². The molecule has 11 heavy (non-hydrogen) atoms. The SMILES string of the molecule is CNC(=O)NNC(=O)C1CC1. The van der Waals surface area contributed by atoms with Gasteiger partial charge in [0.2, 0.25) is 5.91 Å². The van der Waals surface area contributed by atoms with Gasteiger partial charge in [-0.25, -0.2) is 10.2 Å². The summed E-state index contributed by atoms with van der Waals surface area (Å²) in [6, 6.07) is -0.404. The maximum Gasteiger partial charge on any atom is 0.333 e. The van der Waals surface area contributed by atoms with Gasteiger partial charge in [-0.1, -0.05) is 0 Å². The van der Waals surface area contributed by atoms with E-state index < -0.39 is 6.03 Å². The van der Waals surface area contributed by atoms with Gasteiger partial charge >= 0.3 is 6.03 Å². The molecule has 3 N–H and O–H groups in total. The van der Waals surface area contributed by atoms with Gasteiger partial charge in [-0.15, -0.1) is 0 Å². The molecule has 0 heterocycles. The average molecular weight is 157 g/mol. The molecule has 3 amide bonds. The molecule has 0 aliphatic heterocycles. The molecule has 0 unspecified atom stereocenters. The standard InChI is InChI=1S/C6H11N3O2/c1-7-6(11)9-8-5(10)4-2-3-4/h4H,2-3H2,1H3,(H,8,10)(H2,7,9,11). The fourth-order valence-corrected chi connectivity index (χ4v) is 0.628. The van der Waals surface area contributed by atoms with Crippen LogP contribution in [0.2, 0.25) is 0 Å². The molecule has 1 rings (SSSR count). The number of hydrogen-bond donors (Lipinski definition) is 3. The third-order valence-electron chi connectivity index (χ3n) is 1.47. The molecule has 5 nitrogen and oxygen atoms in total. The van der Waals surface area contributed by atoms with Crippen molar-refractivity contribution in [1.29, 1.82) is 0 Å². The molecule has 0 radical (unpaired) electrons. The molecular formula is C6H11N3O2. The van der Waals surface area contributed by atoms with Crippen LogP contribution in [0.25, 0.3) is 0 Å².